The van der Waals surface area contributed by atoms with Crippen LogP contribution in [-0.2, 0) is 16.0 Å². The summed E-state index contributed by atoms with van der Waals surface area (Å²) in [7, 11) is 0. The van der Waals surface area contributed by atoms with Crippen molar-refractivity contribution in [2.24, 2.45) is 5.92 Å². The zero-order valence-electron chi connectivity index (χ0n) is 18.0. The normalized spacial score (nSPS) is 22.5. The van der Waals surface area contributed by atoms with Gasteiger partial charge in [-0.1, -0.05) is 30.3 Å². The second-order valence-corrected chi connectivity index (χ2v) is 9.29. The van der Waals surface area contributed by atoms with Gasteiger partial charge in [-0.15, -0.1) is 0 Å². The molecule has 31 heavy (non-hydrogen) atoms. The summed E-state index contributed by atoms with van der Waals surface area (Å²) in [5.74, 6) is 3.15. The van der Waals surface area contributed by atoms with Crippen LogP contribution in [0.3, 0.4) is 0 Å². The lowest BCUT2D eigenvalue weighted by Crippen LogP contribution is -2.48. The minimum Gasteiger partial charge on any atom is -0.342 e. The third-order valence-electron chi connectivity index (χ3n) is 6.98. The number of piperidine rings is 2. The standard InChI is InChI=1S/C24H31N5O2/c30-21(15-17-5-2-1-3-6-17)29-12-4-7-20(16-29)24(31)28-13-10-19(11-14-28)23-25-22(26-27-23)18-8-9-18/h1-3,5-6,18-20H,4,7-16H2,(H,25,26,27). The highest BCUT2D eigenvalue weighted by Crippen LogP contribution is 2.38. The van der Waals surface area contributed by atoms with Crippen LogP contribution in [0.5, 0.6) is 0 Å². The predicted molar refractivity (Wildman–Crippen MR) is 116 cm³/mol. The number of aromatic nitrogens is 3. The lowest BCUT2D eigenvalue weighted by atomic mass is 9.92. The summed E-state index contributed by atoms with van der Waals surface area (Å²) >= 11 is 0. The van der Waals surface area contributed by atoms with Crippen LogP contribution in [-0.4, -0.2) is 63.0 Å². The number of nitrogens with one attached hydrogen (secondary N) is 1. The number of rotatable bonds is 5. The monoisotopic (exact) mass is 421 g/mol. The molecule has 3 aliphatic rings. The lowest BCUT2D eigenvalue weighted by molar-refractivity contribution is -0.141. The van der Waals surface area contributed by atoms with Gasteiger partial charge in [0.2, 0.25) is 11.8 Å². The Labute approximate surface area is 183 Å². The summed E-state index contributed by atoms with van der Waals surface area (Å²) in [4.78, 5) is 34.5. The first-order valence-corrected chi connectivity index (χ1v) is 11.7. The van der Waals surface area contributed by atoms with E-state index in [2.05, 4.69) is 10.2 Å². The number of aromatic amines is 1. The van der Waals surface area contributed by atoms with Crippen LogP contribution in [0.2, 0.25) is 0 Å². The quantitative estimate of drug-likeness (QED) is 0.805. The van der Waals surface area contributed by atoms with Crippen molar-refractivity contribution in [2.45, 2.75) is 56.8 Å². The first-order valence-electron chi connectivity index (χ1n) is 11.7. The Morgan fingerprint density at radius 1 is 0.935 bits per heavy atom. The Kier molecular flexibility index (Phi) is 5.74. The Balaban J connectivity index is 1.13. The maximum absolute atomic E-state index is 13.2. The molecule has 7 heteroatoms. The van der Waals surface area contributed by atoms with Crippen molar-refractivity contribution in [3.63, 3.8) is 0 Å². The summed E-state index contributed by atoms with van der Waals surface area (Å²) < 4.78 is 0. The van der Waals surface area contributed by atoms with Crippen LogP contribution in [0, 0.1) is 5.92 Å². The molecule has 7 nitrogen and oxygen atoms in total. The summed E-state index contributed by atoms with van der Waals surface area (Å²) in [6.45, 7) is 2.83. The minimum absolute atomic E-state index is 0.0724. The molecular formula is C24H31N5O2. The highest BCUT2D eigenvalue weighted by Gasteiger charge is 2.34. The SMILES string of the molecule is O=C(Cc1ccccc1)N1CCCC(C(=O)N2CCC(c3nc(C4CC4)n[nH]3)CC2)C1. The van der Waals surface area contributed by atoms with E-state index >= 15 is 0 Å². The van der Waals surface area contributed by atoms with Crippen molar-refractivity contribution in [3.05, 3.63) is 47.5 Å². The van der Waals surface area contributed by atoms with Crippen LogP contribution >= 0.6 is 0 Å². The molecule has 1 saturated carbocycles. The number of H-pyrrole nitrogens is 1. The van der Waals surface area contributed by atoms with E-state index in [1.807, 2.05) is 40.1 Å². The fourth-order valence-corrected chi connectivity index (χ4v) is 4.91. The van der Waals surface area contributed by atoms with E-state index in [0.29, 0.717) is 24.8 Å². The fourth-order valence-electron chi connectivity index (χ4n) is 4.91. The maximum atomic E-state index is 13.2. The molecule has 0 spiro atoms. The molecule has 3 heterocycles. The Hall–Kier alpha value is -2.70. The summed E-state index contributed by atoms with van der Waals surface area (Å²) in [5, 5.41) is 7.52. The van der Waals surface area contributed by atoms with Gasteiger partial charge in [0.15, 0.2) is 5.82 Å². The van der Waals surface area contributed by atoms with Gasteiger partial charge in [-0.2, -0.15) is 5.10 Å². The molecular weight excluding hydrogens is 390 g/mol. The van der Waals surface area contributed by atoms with Gasteiger partial charge in [-0.05, 0) is 44.1 Å². The number of likely N-dealkylation sites (tertiary alicyclic amines) is 2. The Bertz CT molecular complexity index is 915. The second-order valence-electron chi connectivity index (χ2n) is 9.29. The molecule has 3 fully saturated rings. The first-order chi connectivity index (χ1) is 15.2. The van der Waals surface area contributed by atoms with Gasteiger partial charge in [0.05, 0.1) is 12.3 Å². The largest absolute Gasteiger partial charge is 0.342 e. The molecule has 2 aliphatic heterocycles. The molecule has 164 valence electrons. The molecule has 2 saturated heterocycles. The van der Waals surface area contributed by atoms with E-state index in [9.17, 15) is 9.59 Å². The van der Waals surface area contributed by atoms with Gasteiger partial charge >= 0.3 is 0 Å². The van der Waals surface area contributed by atoms with Crippen LogP contribution < -0.4 is 0 Å². The molecule has 1 aromatic heterocycles. The number of carbonyl (C=O) groups excluding carboxylic acids is 2. The average molecular weight is 422 g/mol. The zero-order valence-corrected chi connectivity index (χ0v) is 18.0. The number of hydrogen-bond acceptors (Lipinski definition) is 4. The highest BCUT2D eigenvalue weighted by atomic mass is 16.2. The average Bonchev–Trinajstić information content (AvgIpc) is 3.56. The van der Waals surface area contributed by atoms with Crippen molar-refractivity contribution >= 4 is 11.8 Å². The number of nitrogens with zero attached hydrogens (tertiary/aromatic N) is 4. The van der Waals surface area contributed by atoms with E-state index in [0.717, 1.165) is 62.5 Å². The number of hydrogen-bond donors (Lipinski definition) is 1. The number of benzene rings is 1. The van der Waals surface area contributed by atoms with Gasteiger partial charge in [0.25, 0.3) is 0 Å². The van der Waals surface area contributed by atoms with Crippen molar-refractivity contribution in [1.29, 1.82) is 0 Å². The third kappa shape index (κ3) is 4.65. The van der Waals surface area contributed by atoms with Crippen molar-refractivity contribution in [3.8, 4) is 0 Å². The molecule has 2 aromatic rings. The lowest BCUT2D eigenvalue weighted by Gasteiger charge is -2.37. The summed E-state index contributed by atoms with van der Waals surface area (Å²) in [6, 6.07) is 9.84. The molecule has 1 N–H and O–H groups in total. The van der Waals surface area contributed by atoms with Crippen molar-refractivity contribution in [1.82, 2.24) is 25.0 Å². The first kappa shape index (κ1) is 20.2. The van der Waals surface area contributed by atoms with Gasteiger partial charge in [-0.25, -0.2) is 4.98 Å². The van der Waals surface area contributed by atoms with E-state index in [4.69, 9.17) is 4.98 Å². The molecule has 1 atom stereocenters. The molecule has 1 aliphatic carbocycles. The molecule has 1 unspecified atom stereocenters. The van der Waals surface area contributed by atoms with Crippen LogP contribution in [0.1, 0.15) is 67.6 Å². The summed E-state index contributed by atoms with van der Waals surface area (Å²) in [6.07, 6.45) is 6.44. The smallest absolute Gasteiger partial charge is 0.227 e. The molecule has 1 aromatic carbocycles. The molecule has 5 rings (SSSR count). The van der Waals surface area contributed by atoms with E-state index < -0.39 is 0 Å². The van der Waals surface area contributed by atoms with Crippen molar-refractivity contribution in [2.75, 3.05) is 26.2 Å². The number of carbonyl (C=O) groups is 2. The van der Waals surface area contributed by atoms with Gasteiger partial charge < -0.3 is 9.80 Å². The van der Waals surface area contributed by atoms with Crippen molar-refractivity contribution < 1.29 is 9.59 Å². The highest BCUT2D eigenvalue weighted by molar-refractivity contribution is 5.82. The molecule has 0 radical (unpaired) electrons. The fraction of sp³-hybridized carbons (Fsp3) is 0.583. The van der Waals surface area contributed by atoms with Crippen LogP contribution in [0.25, 0.3) is 0 Å². The van der Waals surface area contributed by atoms with E-state index in [-0.39, 0.29) is 17.7 Å². The van der Waals surface area contributed by atoms with Gasteiger partial charge in [0.1, 0.15) is 5.82 Å². The molecule has 2 amide bonds. The van der Waals surface area contributed by atoms with E-state index in [1.165, 1.54) is 12.8 Å². The Morgan fingerprint density at radius 2 is 1.71 bits per heavy atom. The van der Waals surface area contributed by atoms with Crippen LogP contribution in [0.15, 0.2) is 30.3 Å². The third-order valence-corrected chi connectivity index (χ3v) is 6.98. The maximum Gasteiger partial charge on any atom is 0.227 e. The number of amides is 2. The minimum atomic E-state index is -0.0724. The predicted octanol–water partition coefficient (Wildman–Crippen LogP) is 2.87. The van der Waals surface area contributed by atoms with E-state index in [1.54, 1.807) is 0 Å². The van der Waals surface area contributed by atoms with Crippen LogP contribution in [0.4, 0.5) is 0 Å². The Morgan fingerprint density at radius 3 is 2.45 bits per heavy atom. The molecule has 0 bridgehead atoms. The topological polar surface area (TPSA) is 82.2 Å². The summed E-state index contributed by atoms with van der Waals surface area (Å²) in [5.41, 5.74) is 1.03. The van der Waals surface area contributed by atoms with Gasteiger partial charge in [-0.3, -0.25) is 14.7 Å². The van der Waals surface area contributed by atoms with Gasteiger partial charge in [0, 0.05) is 38.0 Å². The zero-order chi connectivity index (χ0) is 21.2. The second kappa shape index (κ2) is 8.81.